The molecule has 1 aliphatic rings. The number of rotatable bonds is 5. The van der Waals surface area contributed by atoms with E-state index in [1.807, 2.05) is 42.8 Å². The van der Waals surface area contributed by atoms with Gasteiger partial charge in [0.25, 0.3) is 0 Å². The Morgan fingerprint density at radius 3 is 2.55 bits per heavy atom. The normalized spacial score (nSPS) is 13.9. The maximum Gasteiger partial charge on any atom is 0.321 e. The highest BCUT2D eigenvalue weighted by atomic mass is 32.1. The zero-order chi connectivity index (χ0) is 20.1. The molecule has 1 aliphatic heterocycles. The minimum atomic E-state index is -0.119. The molecule has 2 heterocycles. The molecule has 4 rings (SSSR count). The van der Waals surface area contributed by atoms with E-state index in [9.17, 15) is 4.79 Å². The number of carbonyl (C=O) groups excluding carboxylic acids is 1. The van der Waals surface area contributed by atoms with Crippen LogP contribution in [0.4, 0.5) is 16.2 Å². The minimum Gasteiger partial charge on any atom is -0.378 e. The molecule has 5 nitrogen and oxygen atoms in total. The van der Waals surface area contributed by atoms with Crippen molar-refractivity contribution in [2.45, 2.75) is 6.54 Å². The van der Waals surface area contributed by atoms with E-state index in [-0.39, 0.29) is 6.03 Å². The third kappa shape index (κ3) is 4.78. The lowest BCUT2D eigenvalue weighted by Crippen LogP contribution is -2.36. The van der Waals surface area contributed by atoms with Gasteiger partial charge in [0.1, 0.15) is 0 Å². The second-order valence-corrected chi connectivity index (χ2v) is 8.02. The summed E-state index contributed by atoms with van der Waals surface area (Å²) in [6, 6.07) is 20.3. The van der Waals surface area contributed by atoms with Gasteiger partial charge in [-0.3, -0.25) is 0 Å². The Morgan fingerprint density at radius 1 is 1.07 bits per heavy atom. The molecule has 0 aliphatic carbocycles. The fourth-order valence-electron chi connectivity index (χ4n) is 3.43. The standard InChI is InChI=1S/C23H25N3O2S/c1-25(17-18-8-10-19(11-9-18)26-12-14-28-15-13-26)23(27)24-21-6-3-2-5-20(21)22-7-4-16-29-22/h2-11,16H,12-15,17H2,1H3,(H,24,27). The lowest BCUT2D eigenvalue weighted by atomic mass is 10.1. The van der Waals surface area contributed by atoms with Crippen LogP contribution in [0.5, 0.6) is 0 Å². The van der Waals surface area contributed by atoms with Crippen LogP contribution in [0.15, 0.2) is 66.0 Å². The van der Waals surface area contributed by atoms with Crippen LogP contribution in [-0.4, -0.2) is 44.3 Å². The van der Waals surface area contributed by atoms with Crippen LogP contribution in [0, 0.1) is 0 Å². The van der Waals surface area contributed by atoms with Crippen molar-refractivity contribution >= 4 is 28.7 Å². The van der Waals surface area contributed by atoms with Gasteiger partial charge in [0.05, 0.1) is 18.9 Å². The van der Waals surface area contributed by atoms with Gasteiger partial charge in [-0.05, 0) is 35.2 Å². The molecule has 2 aromatic carbocycles. The number of anilines is 2. The van der Waals surface area contributed by atoms with Gasteiger partial charge in [-0.25, -0.2) is 4.79 Å². The summed E-state index contributed by atoms with van der Waals surface area (Å²) < 4.78 is 5.41. The smallest absolute Gasteiger partial charge is 0.321 e. The number of urea groups is 1. The molecule has 150 valence electrons. The first-order chi connectivity index (χ1) is 14.2. The molecule has 1 aromatic heterocycles. The minimum absolute atomic E-state index is 0.119. The Bertz CT molecular complexity index is 935. The number of ether oxygens (including phenoxy) is 1. The summed E-state index contributed by atoms with van der Waals surface area (Å²) >= 11 is 1.66. The lowest BCUT2D eigenvalue weighted by Gasteiger charge is -2.29. The number of morpholine rings is 1. The largest absolute Gasteiger partial charge is 0.378 e. The van der Waals surface area contributed by atoms with Gasteiger partial charge in [-0.2, -0.15) is 0 Å². The summed E-state index contributed by atoms with van der Waals surface area (Å²) in [4.78, 5) is 17.9. The predicted octanol–water partition coefficient (Wildman–Crippen LogP) is 4.92. The number of hydrogen-bond acceptors (Lipinski definition) is 4. The fourth-order valence-corrected chi connectivity index (χ4v) is 4.19. The summed E-state index contributed by atoms with van der Waals surface area (Å²) in [7, 11) is 1.82. The molecule has 29 heavy (non-hydrogen) atoms. The summed E-state index contributed by atoms with van der Waals surface area (Å²) in [6.45, 7) is 3.95. The van der Waals surface area contributed by atoms with Crippen molar-refractivity contribution in [2.24, 2.45) is 0 Å². The van der Waals surface area contributed by atoms with E-state index in [1.165, 1.54) is 5.69 Å². The molecule has 0 spiro atoms. The summed E-state index contributed by atoms with van der Waals surface area (Å²) in [5.74, 6) is 0. The van der Waals surface area contributed by atoms with Crippen molar-refractivity contribution in [3.63, 3.8) is 0 Å². The van der Waals surface area contributed by atoms with Gasteiger partial charge in [-0.15, -0.1) is 11.3 Å². The Hall–Kier alpha value is -2.83. The molecular weight excluding hydrogens is 382 g/mol. The molecule has 3 aromatic rings. The average molecular weight is 408 g/mol. The van der Waals surface area contributed by atoms with E-state index in [4.69, 9.17) is 4.74 Å². The number of thiophene rings is 1. The van der Waals surface area contributed by atoms with Crippen molar-refractivity contribution in [3.05, 3.63) is 71.6 Å². The van der Waals surface area contributed by atoms with E-state index in [0.717, 1.165) is 48.0 Å². The first-order valence-electron chi connectivity index (χ1n) is 9.77. The van der Waals surface area contributed by atoms with Gasteiger partial charge >= 0.3 is 6.03 Å². The Kier molecular flexibility index (Phi) is 6.12. The molecule has 1 saturated heterocycles. The monoisotopic (exact) mass is 407 g/mol. The van der Waals surface area contributed by atoms with Gasteiger partial charge in [0.2, 0.25) is 0 Å². The number of benzene rings is 2. The Balaban J connectivity index is 1.39. The third-order valence-corrected chi connectivity index (χ3v) is 5.94. The molecule has 0 radical (unpaired) electrons. The predicted molar refractivity (Wildman–Crippen MR) is 120 cm³/mol. The van der Waals surface area contributed by atoms with E-state index in [1.54, 1.807) is 16.2 Å². The Morgan fingerprint density at radius 2 is 1.83 bits per heavy atom. The van der Waals surface area contributed by atoms with Crippen molar-refractivity contribution < 1.29 is 9.53 Å². The van der Waals surface area contributed by atoms with E-state index in [2.05, 4.69) is 40.5 Å². The second-order valence-electron chi connectivity index (χ2n) is 7.07. The average Bonchev–Trinajstić information content (AvgIpc) is 3.30. The van der Waals surface area contributed by atoms with Gasteiger partial charge in [0, 0.05) is 42.8 Å². The zero-order valence-electron chi connectivity index (χ0n) is 16.5. The molecular formula is C23H25N3O2S. The van der Waals surface area contributed by atoms with Gasteiger partial charge < -0.3 is 19.9 Å². The highest BCUT2D eigenvalue weighted by molar-refractivity contribution is 7.13. The molecule has 0 unspecified atom stereocenters. The van der Waals surface area contributed by atoms with E-state index >= 15 is 0 Å². The second kappa shape index (κ2) is 9.11. The maximum absolute atomic E-state index is 12.7. The first kappa shape index (κ1) is 19.5. The lowest BCUT2D eigenvalue weighted by molar-refractivity contribution is 0.122. The van der Waals surface area contributed by atoms with Crippen LogP contribution >= 0.6 is 11.3 Å². The van der Waals surface area contributed by atoms with E-state index < -0.39 is 0 Å². The van der Waals surface area contributed by atoms with Crippen molar-refractivity contribution in [3.8, 4) is 10.4 Å². The van der Waals surface area contributed by atoms with Crippen molar-refractivity contribution in [2.75, 3.05) is 43.6 Å². The number of amides is 2. The Labute approximate surface area is 175 Å². The third-order valence-electron chi connectivity index (χ3n) is 5.03. The maximum atomic E-state index is 12.7. The molecule has 1 N–H and O–H groups in total. The molecule has 0 bridgehead atoms. The van der Waals surface area contributed by atoms with Crippen LogP contribution in [0.3, 0.4) is 0 Å². The summed E-state index contributed by atoms with van der Waals surface area (Å²) in [5.41, 5.74) is 4.17. The van der Waals surface area contributed by atoms with Gasteiger partial charge in [-0.1, -0.05) is 36.4 Å². The summed E-state index contributed by atoms with van der Waals surface area (Å²) in [5, 5.41) is 5.10. The van der Waals surface area contributed by atoms with Crippen molar-refractivity contribution in [1.82, 2.24) is 4.90 Å². The highest BCUT2D eigenvalue weighted by Gasteiger charge is 2.14. The number of nitrogens with one attached hydrogen (secondary N) is 1. The fraction of sp³-hybridized carbons (Fsp3) is 0.261. The quantitative estimate of drug-likeness (QED) is 0.653. The van der Waals surface area contributed by atoms with Crippen LogP contribution < -0.4 is 10.2 Å². The molecule has 2 amide bonds. The van der Waals surface area contributed by atoms with Crippen LogP contribution in [0.2, 0.25) is 0 Å². The SMILES string of the molecule is CN(Cc1ccc(N2CCOCC2)cc1)C(=O)Nc1ccccc1-c1cccs1. The summed E-state index contributed by atoms with van der Waals surface area (Å²) in [6.07, 6.45) is 0. The van der Waals surface area contributed by atoms with E-state index in [0.29, 0.717) is 6.54 Å². The molecule has 1 fully saturated rings. The topological polar surface area (TPSA) is 44.8 Å². The molecule has 0 atom stereocenters. The first-order valence-corrected chi connectivity index (χ1v) is 10.7. The van der Waals surface area contributed by atoms with Crippen LogP contribution in [0.25, 0.3) is 10.4 Å². The number of para-hydroxylation sites is 1. The van der Waals surface area contributed by atoms with Crippen LogP contribution in [-0.2, 0) is 11.3 Å². The molecule has 6 heteroatoms. The zero-order valence-corrected chi connectivity index (χ0v) is 17.3. The number of nitrogens with zero attached hydrogens (tertiary/aromatic N) is 2. The van der Waals surface area contributed by atoms with Crippen molar-refractivity contribution in [1.29, 1.82) is 0 Å². The van der Waals surface area contributed by atoms with Crippen LogP contribution in [0.1, 0.15) is 5.56 Å². The molecule has 0 saturated carbocycles. The number of carbonyl (C=O) groups is 1. The number of hydrogen-bond donors (Lipinski definition) is 1. The highest BCUT2D eigenvalue weighted by Crippen LogP contribution is 2.31. The van der Waals surface area contributed by atoms with Gasteiger partial charge in [0.15, 0.2) is 0 Å².